The molecule has 0 aliphatic heterocycles. The molecule has 2 N–H and O–H groups in total. The van der Waals surface area contributed by atoms with Crippen LogP contribution in [0.5, 0.6) is 0 Å². The fourth-order valence-electron chi connectivity index (χ4n) is 4.08. The fourth-order valence-corrected chi connectivity index (χ4v) is 4.57. The molecule has 6 aromatic rings. The first-order chi connectivity index (χ1) is 16.0. The number of rotatable bonds is 3. The van der Waals surface area contributed by atoms with Gasteiger partial charge in [0.15, 0.2) is 0 Å². The number of para-hydroxylation sites is 2. The summed E-state index contributed by atoms with van der Waals surface area (Å²) in [6.45, 7) is 0. The molecule has 3 aromatic heterocycles. The zero-order valence-electron chi connectivity index (χ0n) is 17.2. The van der Waals surface area contributed by atoms with E-state index >= 15 is 0 Å². The number of halogens is 2. The molecule has 0 amide bonds. The minimum atomic E-state index is -0.269. The van der Waals surface area contributed by atoms with Gasteiger partial charge in [-0.2, -0.15) is 0 Å². The molecule has 0 saturated heterocycles. The maximum atomic E-state index is 13.3. The van der Waals surface area contributed by atoms with Gasteiger partial charge in [0.2, 0.25) is 5.95 Å². The van der Waals surface area contributed by atoms with Gasteiger partial charge in [0.25, 0.3) is 5.56 Å². The van der Waals surface area contributed by atoms with Crippen LogP contribution in [0, 0.1) is 0 Å². The van der Waals surface area contributed by atoms with E-state index in [0.29, 0.717) is 55.0 Å². The molecule has 9 heteroatoms. The van der Waals surface area contributed by atoms with E-state index < -0.39 is 0 Å². The van der Waals surface area contributed by atoms with E-state index in [4.69, 9.17) is 32.6 Å². The molecular weight excluding hydrogens is 461 g/mol. The van der Waals surface area contributed by atoms with Gasteiger partial charge in [-0.25, -0.2) is 9.97 Å². The van der Waals surface area contributed by atoms with Crippen LogP contribution in [0.25, 0.3) is 44.3 Å². The molecule has 0 spiro atoms. The van der Waals surface area contributed by atoms with Crippen LogP contribution in [0.3, 0.4) is 0 Å². The number of fused-ring (bicyclic) bond motifs is 4. The summed E-state index contributed by atoms with van der Waals surface area (Å²) >= 11 is 12.6. The van der Waals surface area contributed by atoms with Crippen LogP contribution in [-0.2, 0) is 7.05 Å². The molecule has 3 aromatic carbocycles. The molecule has 0 unspecified atom stereocenters. The Morgan fingerprint density at radius 2 is 1.73 bits per heavy atom. The number of hydrogen-bond acceptors (Lipinski definition) is 5. The van der Waals surface area contributed by atoms with Crippen LogP contribution >= 0.6 is 23.2 Å². The van der Waals surface area contributed by atoms with Gasteiger partial charge in [-0.1, -0.05) is 41.4 Å². The van der Waals surface area contributed by atoms with Gasteiger partial charge >= 0.3 is 0 Å². The van der Waals surface area contributed by atoms with Crippen molar-refractivity contribution in [3.63, 3.8) is 0 Å². The lowest BCUT2D eigenvalue weighted by atomic mass is 10.1. The van der Waals surface area contributed by atoms with Gasteiger partial charge in [-0.15, -0.1) is 0 Å². The molecule has 6 rings (SSSR count). The predicted octanol–water partition coefficient (Wildman–Crippen LogP) is 6.27. The second kappa shape index (κ2) is 7.37. The lowest BCUT2D eigenvalue weighted by Crippen LogP contribution is -2.11. The quantitative estimate of drug-likeness (QED) is 0.314. The van der Waals surface area contributed by atoms with Crippen LogP contribution in [0.15, 0.2) is 70.1 Å². The van der Waals surface area contributed by atoms with Crippen molar-refractivity contribution in [2.45, 2.75) is 0 Å². The van der Waals surface area contributed by atoms with E-state index in [0.717, 1.165) is 10.9 Å². The predicted molar refractivity (Wildman–Crippen MR) is 132 cm³/mol. The SMILES string of the molecule is Cn1c(Nc2c(Cl)cccc2Cl)nc2ccc3nc(-c4cccc5ccoc45)[nH]c(=O)c3c21. The Kier molecular flexibility index (Phi) is 4.43. The normalized spacial score (nSPS) is 11.6. The lowest BCUT2D eigenvalue weighted by molar-refractivity contribution is 0.616. The number of aromatic nitrogens is 4. The third-order valence-corrected chi connectivity index (χ3v) is 6.27. The number of aryl methyl sites for hydroxylation is 1. The largest absolute Gasteiger partial charge is 0.464 e. The number of nitrogens with one attached hydrogen (secondary N) is 2. The summed E-state index contributed by atoms with van der Waals surface area (Å²) in [5.74, 6) is 0.937. The smallest absolute Gasteiger partial charge is 0.261 e. The summed E-state index contributed by atoms with van der Waals surface area (Å²) in [6.07, 6.45) is 1.62. The average Bonchev–Trinajstić information content (AvgIpc) is 3.40. The van der Waals surface area contributed by atoms with Gasteiger partial charge in [0.1, 0.15) is 11.4 Å². The molecular formula is C24H15Cl2N5O2. The number of imidazole rings is 1. The van der Waals surface area contributed by atoms with E-state index in [-0.39, 0.29) is 5.56 Å². The van der Waals surface area contributed by atoms with Crippen molar-refractivity contribution in [3.8, 4) is 11.4 Å². The maximum Gasteiger partial charge on any atom is 0.261 e. The molecule has 0 bridgehead atoms. The highest BCUT2D eigenvalue weighted by atomic mass is 35.5. The summed E-state index contributed by atoms with van der Waals surface area (Å²) in [6, 6.07) is 16.5. The van der Waals surface area contributed by atoms with Gasteiger partial charge in [-0.3, -0.25) is 4.79 Å². The number of aromatic amines is 1. The van der Waals surface area contributed by atoms with E-state index in [1.807, 2.05) is 37.4 Å². The molecule has 7 nitrogen and oxygen atoms in total. The number of H-pyrrole nitrogens is 1. The fraction of sp³-hybridized carbons (Fsp3) is 0.0417. The third kappa shape index (κ3) is 3.08. The Labute approximate surface area is 196 Å². The highest BCUT2D eigenvalue weighted by Gasteiger charge is 2.18. The zero-order chi connectivity index (χ0) is 22.7. The first-order valence-corrected chi connectivity index (χ1v) is 10.8. The van der Waals surface area contributed by atoms with E-state index in [2.05, 4.69) is 15.3 Å². The molecule has 33 heavy (non-hydrogen) atoms. The Hall–Kier alpha value is -3.81. The van der Waals surface area contributed by atoms with Crippen molar-refractivity contribution in [2.24, 2.45) is 7.05 Å². The average molecular weight is 476 g/mol. The van der Waals surface area contributed by atoms with Crippen molar-refractivity contribution < 1.29 is 4.42 Å². The molecule has 162 valence electrons. The minimum absolute atomic E-state index is 0.269. The van der Waals surface area contributed by atoms with Crippen LogP contribution in [-0.4, -0.2) is 19.5 Å². The Balaban J connectivity index is 1.55. The number of nitrogens with zero attached hydrogens (tertiary/aromatic N) is 3. The Morgan fingerprint density at radius 3 is 2.55 bits per heavy atom. The molecule has 0 saturated carbocycles. The molecule has 3 heterocycles. The standard InChI is InChI=1S/C24H15Cl2N5O2/c1-31-20-17(28-24(31)29-19-14(25)6-3-7-15(19)26)9-8-16-18(20)23(32)30-22(27-16)13-5-2-4-12-10-11-33-21(12)13/h2-11H,1H3,(H,28,29)(H,27,30,32). The van der Waals surface area contributed by atoms with Crippen molar-refractivity contribution in [2.75, 3.05) is 5.32 Å². The molecule has 0 radical (unpaired) electrons. The first-order valence-electron chi connectivity index (χ1n) is 10.1. The van der Waals surface area contributed by atoms with Crippen LogP contribution in [0.2, 0.25) is 10.0 Å². The number of hydrogen-bond donors (Lipinski definition) is 2. The first kappa shape index (κ1) is 19.8. The summed E-state index contributed by atoms with van der Waals surface area (Å²) in [5, 5.41) is 5.49. The molecule has 0 aliphatic carbocycles. The van der Waals surface area contributed by atoms with Crippen molar-refractivity contribution >= 4 is 67.7 Å². The highest BCUT2D eigenvalue weighted by Crippen LogP contribution is 2.34. The van der Waals surface area contributed by atoms with Crippen LogP contribution in [0.4, 0.5) is 11.6 Å². The van der Waals surface area contributed by atoms with Crippen LogP contribution < -0.4 is 10.9 Å². The van der Waals surface area contributed by atoms with Crippen molar-refractivity contribution in [1.29, 1.82) is 0 Å². The summed E-state index contributed by atoms with van der Waals surface area (Å²) in [5.41, 5.74) is 3.51. The van der Waals surface area contributed by atoms with Gasteiger partial charge in [-0.05, 0) is 36.4 Å². The van der Waals surface area contributed by atoms with E-state index in [1.165, 1.54) is 0 Å². The number of furan rings is 1. The van der Waals surface area contributed by atoms with Gasteiger partial charge < -0.3 is 19.3 Å². The van der Waals surface area contributed by atoms with Gasteiger partial charge in [0, 0.05) is 12.4 Å². The Bertz CT molecular complexity index is 1750. The second-order valence-electron chi connectivity index (χ2n) is 7.60. The van der Waals surface area contributed by atoms with Crippen LogP contribution in [0.1, 0.15) is 0 Å². The van der Waals surface area contributed by atoms with E-state index in [1.54, 1.807) is 35.1 Å². The van der Waals surface area contributed by atoms with Gasteiger partial charge in [0.05, 0.1) is 49.5 Å². The number of benzene rings is 3. The molecule has 0 fully saturated rings. The van der Waals surface area contributed by atoms with Crippen molar-refractivity contribution in [3.05, 3.63) is 81.3 Å². The number of anilines is 2. The lowest BCUT2D eigenvalue weighted by Gasteiger charge is -2.10. The highest BCUT2D eigenvalue weighted by molar-refractivity contribution is 6.39. The maximum absolute atomic E-state index is 13.3. The second-order valence-corrected chi connectivity index (χ2v) is 8.42. The molecule has 0 atom stereocenters. The summed E-state index contributed by atoms with van der Waals surface area (Å²) in [4.78, 5) is 25.5. The van der Waals surface area contributed by atoms with E-state index in [9.17, 15) is 4.79 Å². The molecule has 0 aliphatic rings. The summed E-state index contributed by atoms with van der Waals surface area (Å²) < 4.78 is 7.41. The Morgan fingerprint density at radius 1 is 0.970 bits per heavy atom. The zero-order valence-corrected chi connectivity index (χ0v) is 18.7. The monoisotopic (exact) mass is 475 g/mol. The summed E-state index contributed by atoms with van der Waals surface area (Å²) in [7, 11) is 1.82. The minimum Gasteiger partial charge on any atom is -0.464 e. The third-order valence-electron chi connectivity index (χ3n) is 5.64. The topological polar surface area (TPSA) is 88.7 Å². The van der Waals surface area contributed by atoms with Crippen molar-refractivity contribution in [1.82, 2.24) is 19.5 Å².